The number of hydrogen-bond acceptors (Lipinski definition) is 2. The summed E-state index contributed by atoms with van der Waals surface area (Å²) in [5.74, 6) is 1.46. The third-order valence-corrected chi connectivity index (χ3v) is 3.01. The van der Waals surface area contributed by atoms with E-state index in [0.29, 0.717) is 12.5 Å². The van der Waals surface area contributed by atoms with Crippen molar-refractivity contribution in [3.05, 3.63) is 29.8 Å². The molecule has 0 saturated carbocycles. The lowest BCUT2D eigenvalue weighted by molar-refractivity contribution is 0.0941. The summed E-state index contributed by atoms with van der Waals surface area (Å²) in [6.45, 7) is 11.4. The van der Waals surface area contributed by atoms with E-state index in [1.165, 1.54) is 5.56 Å². The number of rotatable bonds is 4. The molecule has 2 heteroatoms. The fraction of sp³-hybridized carbons (Fsp3) is 0.600. The lowest BCUT2D eigenvalue weighted by Crippen LogP contribution is -2.38. The second kappa shape index (κ2) is 5.54. The van der Waals surface area contributed by atoms with E-state index in [9.17, 15) is 0 Å². The Morgan fingerprint density at radius 1 is 1.12 bits per heavy atom. The Balaban J connectivity index is 2.74. The van der Waals surface area contributed by atoms with Crippen molar-refractivity contribution in [3.8, 4) is 5.75 Å². The summed E-state index contributed by atoms with van der Waals surface area (Å²) in [6.07, 6.45) is 0.0485. The predicted molar refractivity (Wildman–Crippen MR) is 73.5 cm³/mol. The average molecular weight is 235 g/mol. The monoisotopic (exact) mass is 235 g/mol. The maximum atomic E-state index is 5.94. The van der Waals surface area contributed by atoms with Gasteiger partial charge in [-0.25, -0.2) is 0 Å². The zero-order chi connectivity index (χ0) is 13.1. The van der Waals surface area contributed by atoms with Crippen LogP contribution in [0.2, 0.25) is 0 Å². The van der Waals surface area contributed by atoms with Crippen LogP contribution in [0.15, 0.2) is 24.3 Å². The first-order chi connectivity index (χ1) is 7.84. The molecule has 0 aliphatic carbocycles. The molecular formula is C15H25NO. The number of ether oxygens (including phenoxy) is 1. The zero-order valence-electron chi connectivity index (χ0n) is 11.7. The molecule has 1 atom stereocenters. The van der Waals surface area contributed by atoms with Gasteiger partial charge in [-0.15, -0.1) is 0 Å². The van der Waals surface area contributed by atoms with Gasteiger partial charge >= 0.3 is 0 Å². The number of benzene rings is 1. The van der Waals surface area contributed by atoms with Gasteiger partial charge in [0.2, 0.25) is 0 Å². The maximum Gasteiger partial charge on any atom is 0.119 e. The summed E-state index contributed by atoms with van der Waals surface area (Å²) in [5, 5.41) is 0. The Morgan fingerprint density at radius 2 is 1.65 bits per heavy atom. The van der Waals surface area contributed by atoms with Crippen molar-refractivity contribution in [3.63, 3.8) is 0 Å². The quantitative estimate of drug-likeness (QED) is 0.866. The highest BCUT2D eigenvalue weighted by molar-refractivity contribution is 5.29. The van der Waals surface area contributed by atoms with E-state index < -0.39 is 0 Å². The van der Waals surface area contributed by atoms with Crippen LogP contribution in [0.5, 0.6) is 5.75 Å². The Bertz CT molecular complexity index is 335. The van der Waals surface area contributed by atoms with Crippen molar-refractivity contribution in [1.82, 2.24) is 0 Å². The number of hydrogen-bond donors (Lipinski definition) is 1. The minimum absolute atomic E-state index is 0.0485. The first-order valence-electron chi connectivity index (χ1n) is 6.31. The normalized spacial score (nSPS) is 13.8. The van der Waals surface area contributed by atoms with Gasteiger partial charge in [0, 0.05) is 12.0 Å². The lowest BCUT2D eigenvalue weighted by atomic mass is 9.89. The maximum absolute atomic E-state index is 5.94. The largest absolute Gasteiger partial charge is 0.489 e. The highest BCUT2D eigenvalue weighted by Gasteiger charge is 2.25. The van der Waals surface area contributed by atoms with Gasteiger partial charge in [-0.3, -0.25) is 0 Å². The topological polar surface area (TPSA) is 35.2 Å². The smallest absolute Gasteiger partial charge is 0.119 e. The number of nitrogens with two attached hydrogens (primary N) is 1. The fourth-order valence-electron chi connectivity index (χ4n) is 1.67. The standard InChI is InChI=1S/C15H25NO/c1-11(2)12-6-8-13(9-7-12)17-14(10-16)15(3,4)5/h6-9,11,14H,10,16H2,1-5H3. The molecule has 1 aromatic rings. The van der Waals surface area contributed by atoms with Crippen molar-refractivity contribution in [2.45, 2.75) is 46.6 Å². The first kappa shape index (κ1) is 14.0. The zero-order valence-corrected chi connectivity index (χ0v) is 11.7. The van der Waals surface area contributed by atoms with Gasteiger partial charge in [-0.2, -0.15) is 0 Å². The molecule has 1 unspecified atom stereocenters. The second-order valence-electron chi connectivity index (χ2n) is 5.93. The second-order valence-corrected chi connectivity index (χ2v) is 5.93. The predicted octanol–water partition coefficient (Wildman–Crippen LogP) is 3.56. The van der Waals surface area contributed by atoms with E-state index in [1.54, 1.807) is 0 Å². The summed E-state index contributed by atoms with van der Waals surface area (Å²) in [7, 11) is 0. The fourth-order valence-corrected chi connectivity index (χ4v) is 1.67. The van der Waals surface area contributed by atoms with Crippen LogP contribution in [0.25, 0.3) is 0 Å². The summed E-state index contributed by atoms with van der Waals surface area (Å²) in [4.78, 5) is 0. The van der Waals surface area contributed by atoms with E-state index in [1.807, 2.05) is 12.1 Å². The molecule has 2 nitrogen and oxygen atoms in total. The van der Waals surface area contributed by atoms with Crippen LogP contribution >= 0.6 is 0 Å². The molecule has 1 rings (SSSR count). The van der Waals surface area contributed by atoms with Crippen molar-refractivity contribution in [2.75, 3.05) is 6.54 Å². The minimum Gasteiger partial charge on any atom is -0.489 e. The Labute approximate surface area is 105 Å². The molecule has 0 aromatic heterocycles. The highest BCUT2D eigenvalue weighted by Crippen LogP contribution is 2.25. The van der Waals surface area contributed by atoms with Gasteiger partial charge < -0.3 is 10.5 Å². The SMILES string of the molecule is CC(C)c1ccc(OC(CN)C(C)(C)C)cc1. The van der Waals surface area contributed by atoms with Crippen LogP contribution in [-0.4, -0.2) is 12.6 Å². The molecule has 0 bridgehead atoms. The highest BCUT2D eigenvalue weighted by atomic mass is 16.5. The van der Waals surface area contributed by atoms with Gasteiger partial charge in [-0.05, 0) is 23.6 Å². The molecule has 0 fully saturated rings. The van der Waals surface area contributed by atoms with Crippen LogP contribution in [0.3, 0.4) is 0 Å². The third kappa shape index (κ3) is 4.04. The molecule has 0 spiro atoms. The summed E-state index contributed by atoms with van der Waals surface area (Å²) >= 11 is 0. The van der Waals surface area contributed by atoms with Gasteiger partial charge in [0.15, 0.2) is 0 Å². The molecule has 96 valence electrons. The van der Waals surface area contributed by atoms with E-state index in [4.69, 9.17) is 10.5 Å². The lowest BCUT2D eigenvalue weighted by Gasteiger charge is -2.30. The minimum atomic E-state index is 0.0485. The first-order valence-corrected chi connectivity index (χ1v) is 6.31. The van der Waals surface area contributed by atoms with Gasteiger partial charge in [0.25, 0.3) is 0 Å². The van der Waals surface area contributed by atoms with E-state index >= 15 is 0 Å². The van der Waals surface area contributed by atoms with Gasteiger partial charge in [0.05, 0.1) is 0 Å². The van der Waals surface area contributed by atoms with Crippen molar-refractivity contribution in [2.24, 2.45) is 11.1 Å². The third-order valence-electron chi connectivity index (χ3n) is 3.01. The van der Waals surface area contributed by atoms with Crippen LogP contribution in [0, 0.1) is 5.41 Å². The molecule has 1 aromatic carbocycles. The molecule has 0 aliphatic heterocycles. The van der Waals surface area contributed by atoms with Crippen molar-refractivity contribution in [1.29, 1.82) is 0 Å². The van der Waals surface area contributed by atoms with Gasteiger partial charge in [-0.1, -0.05) is 46.8 Å². The van der Waals surface area contributed by atoms with Crippen LogP contribution in [0.1, 0.15) is 46.1 Å². The van der Waals surface area contributed by atoms with E-state index in [0.717, 1.165) is 5.75 Å². The molecule has 2 N–H and O–H groups in total. The summed E-state index contributed by atoms with van der Waals surface area (Å²) in [5.41, 5.74) is 7.15. The Morgan fingerprint density at radius 3 is 2.00 bits per heavy atom. The van der Waals surface area contributed by atoms with Crippen LogP contribution in [-0.2, 0) is 0 Å². The van der Waals surface area contributed by atoms with Crippen LogP contribution < -0.4 is 10.5 Å². The molecule has 0 radical (unpaired) electrons. The summed E-state index contributed by atoms with van der Waals surface area (Å²) < 4.78 is 5.94. The molecule has 0 saturated heterocycles. The molecule has 0 amide bonds. The van der Waals surface area contributed by atoms with Crippen LogP contribution in [0.4, 0.5) is 0 Å². The molecule has 17 heavy (non-hydrogen) atoms. The van der Waals surface area contributed by atoms with Gasteiger partial charge in [0.1, 0.15) is 11.9 Å². The molecular weight excluding hydrogens is 210 g/mol. The van der Waals surface area contributed by atoms with E-state index in [-0.39, 0.29) is 11.5 Å². The van der Waals surface area contributed by atoms with Crippen molar-refractivity contribution >= 4 is 0 Å². The Hall–Kier alpha value is -1.02. The van der Waals surface area contributed by atoms with E-state index in [2.05, 4.69) is 46.8 Å². The molecule has 0 heterocycles. The summed E-state index contributed by atoms with van der Waals surface area (Å²) in [6, 6.07) is 8.31. The average Bonchev–Trinajstić information content (AvgIpc) is 2.24. The Kier molecular flexibility index (Phi) is 4.58. The van der Waals surface area contributed by atoms with Crippen molar-refractivity contribution < 1.29 is 4.74 Å². The molecule has 0 aliphatic rings.